The van der Waals surface area contributed by atoms with Crippen molar-refractivity contribution in [3.8, 4) is 5.75 Å². The molecule has 1 heterocycles. The number of amides is 1. The second-order valence-corrected chi connectivity index (χ2v) is 9.37. The first-order chi connectivity index (χ1) is 14.3. The van der Waals surface area contributed by atoms with Crippen LogP contribution < -0.4 is 10.1 Å². The molecule has 4 rings (SSSR count). The fraction of sp³-hybridized carbons (Fsp3) is 0.385. The number of Topliss-reactive ketones (excluding diaryl/α,β-unsaturated/α-hetero) is 1. The van der Waals surface area contributed by atoms with Crippen LogP contribution in [0.2, 0.25) is 0 Å². The summed E-state index contributed by atoms with van der Waals surface area (Å²) in [4.78, 5) is 25.7. The summed E-state index contributed by atoms with van der Waals surface area (Å²) in [6, 6.07) is 16.3. The molecule has 30 heavy (non-hydrogen) atoms. The molecule has 4 nitrogen and oxygen atoms in total. The largest absolute Gasteiger partial charge is 0.497 e. The molecule has 1 aliphatic carbocycles. The zero-order chi connectivity index (χ0) is 21.5. The van der Waals surface area contributed by atoms with Crippen LogP contribution in [0, 0.1) is 0 Å². The number of methoxy groups -OCH3 is 1. The molecule has 156 valence electrons. The first-order valence-corrected chi connectivity index (χ1v) is 10.6. The number of benzene rings is 2. The van der Waals surface area contributed by atoms with Crippen molar-refractivity contribution < 1.29 is 14.3 Å². The minimum absolute atomic E-state index is 0.0160. The lowest BCUT2D eigenvalue weighted by Gasteiger charge is -2.34. The predicted octanol–water partition coefficient (Wildman–Crippen LogP) is 5.00. The number of nitrogens with one attached hydrogen (secondary N) is 1. The monoisotopic (exact) mass is 403 g/mol. The zero-order valence-corrected chi connectivity index (χ0v) is 18.1. The number of allylic oxidation sites excluding steroid dienone is 2. The average Bonchev–Trinajstić information content (AvgIpc) is 2.72. The van der Waals surface area contributed by atoms with Crippen LogP contribution in [0.1, 0.15) is 68.6 Å². The number of hydrogen-bond acceptors (Lipinski definition) is 3. The summed E-state index contributed by atoms with van der Waals surface area (Å²) in [5, 5.41) is 3.00. The van der Waals surface area contributed by atoms with E-state index in [4.69, 9.17) is 4.74 Å². The SMILES string of the molecule is COc1cccc(C2CC(=O)C3=C(C2)NC(=O)CC3c2ccc(C(C)(C)C)cc2)c1. The van der Waals surface area contributed by atoms with Crippen molar-refractivity contribution in [1.82, 2.24) is 5.32 Å². The van der Waals surface area contributed by atoms with E-state index >= 15 is 0 Å². The van der Waals surface area contributed by atoms with Gasteiger partial charge in [-0.3, -0.25) is 9.59 Å². The molecule has 2 aromatic rings. The standard InChI is InChI=1S/C26H29NO3/c1-26(2,3)19-10-8-16(9-11-19)21-15-24(29)27-22-13-18(14-23(28)25(21)22)17-6-5-7-20(12-17)30-4/h5-12,18,21H,13-15H2,1-4H3,(H,27,29). The Morgan fingerprint density at radius 1 is 0.933 bits per heavy atom. The van der Waals surface area contributed by atoms with Gasteiger partial charge in [-0.25, -0.2) is 0 Å². The minimum atomic E-state index is -0.165. The van der Waals surface area contributed by atoms with Crippen molar-refractivity contribution in [3.63, 3.8) is 0 Å². The number of carbonyl (C=O) groups is 2. The van der Waals surface area contributed by atoms with Crippen LogP contribution in [-0.4, -0.2) is 18.8 Å². The van der Waals surface area contributed by atoms with E-state index in [1.807, 2.05) is 24.3 Å². The van der Waals surface area contributed by atoms with Crippen LogP contribution in [0.4, 0.5) is 0 Å². The molecule has 2 aromatic carbocycles. The maximum Gasteiger partial charge on any atom is 0.225 e. The third-order valence-electron chi connectivity index (χ3n) is 6.28. The van der Waals surface area contributed by atoms with Gasteiger partial charge in [-0.05, 0) is 46.6 Å². The maximum atomic E-state index is 13.2. The average molecular weight is 404 g/mol. The number of hydrogen-bond donors (Lipinski definition) is 1. The normalized spacial score (nSPS) is 21.9. The van der Waals surface area contributed by atoms with E-state index in [2.05, 4.69) is 50.4 Å². The van der Waals surface area contributed by atoms with Gasteiger partial charge in [0.1, 0.15) is 5.75 Å². The summed E-state index contributed by atoms with van der Waals surface area (Å²) in [5.41, 5.74) is 5.00. The van der Waals surface area contributed by atoms with Gasteiger partial charge in [-0.2, -0.15) is 0 Å². The summed E-state index contributed by atoms with van der Waals surface area (Å²) in [5.74, 6) is 0.783. The Kier molecular flexibility index (Phi) is 5.27. The van der Waals surface area contributed by atoms with E-state index < -0.39 is 0 Å². The quantitative estimate of drug-likeness (QED) is 0.785. The van der Waals surface area contributed by atoms with Gasteiger partial charge in [0.05, 0.1) is 7.11 Å². The predicted molar refractivity (Wildman–Crippen MR) is 118 cm³/mol. The maximum absolute atomic E-state index is 13.2. The Hall–Kier alpha value is -2.88. The molecule has 2 aliphatic rings. The van der Waals surface area contributed by atoms with Gasteiger partial charge in [0.2, 0.25) is 5.91 Å². The molecular weight excluding hydrogens is 374 g/mol. The lowest BCUT2D eigenvalue weighted by molar-refractivity contribution is -0.122. The van der Waals surface area contributed by atoms with Gasteiger partial charge in [-0.15, -0.1) is 0 Å². The molecule has 2 unspecified atom stereocenters. The Morgan fingerprint density at radius 2 is 1.67 bits per heavy atom. The van der Waals surface area contributed by atoms with Crippen molar-refractivity contribution in [2.75, 3.05) is 7.11 Å². The van der Waals surface area contributed by atoms with Crippen LogP contribution in [0.25, 0.3) is 0 Å². The molecular formula is C26H29NO3. The van der Waals surface area contributed by atoms with E-state index in [-0.39, 0.29) is 28.9 Å². The number of carbonyl (C=O) groups excluding carboxylic acids is 2. The lowest BCUT2D eigenvalue weighted by atomic mass is 9.73. The first kappa shape index (κ1) is 20.4. The number of ketones is 1. The summed E-state index contributed by atoms with van der Waals surface area (Å²) < 4.78 is 5.34. The van der Waals surface area contributed by atoms with Crippen LogP contribution in [-0.2, 0) is 15.0 Å². The molecule has 0 fully saturated rings. The Bertz CT molecular complexity index is 1010. The summed E-state index contributed by atoms with van der Waals surface area (Å²) in [7, 11) is 1.64. The van der Waals surface area contributed by atoms with Crippen molar-refractivity contribution in [3.05, 3.63) is 76.5 Å². The Labute approximate surface area is 178 Å². The van der Waals surface area contributed by atoms with Crippen LogP contribution in [0.3, 0.4) is 0 Å². The van der Waals surface area contributed by atoms with Crippen LogP contribution in [0.5, 0.6) is 5.75 Å². The fourth-order valence-electron chi connectivity index (χ4n) is 4.59. The van der Waals surface area contributed by atoms with Gasteiger partial charge in [0.25, 0.3) is 0 Å². The van der Waals surface area contributed by atoms with Crippen molar-refractivity contribution in [2.45, 2.75) is 57.3 Å². The Balaban J connectivity index is 1.67. The van der Waals surface area contributed by atoms with Gasteiger partial charge < -0.3 is 10.1 Å². The highest BCUT2D eigenvalue weighted by Crippen LogP contribution is 2.43. The number of ether oxygens (including phenoxy) is 1. The summed E-state index contributed by atoms with van der Waals surface area (Å²) in [6.07, 6.45) is 1.44. The second kappa shape index (κ2) is 7.75. The molecule has 2 atom stereocenters. The van der Waals surface area contributed by atoms with E-state index in [0.717, 1.165) is 28.1 Å². The van der Waals surface area contributed by atoms with E-state index in [9.17, 15) is 9.59 Å². The van der Waals surface area contributed by atoms with E-state index in [0.29, 0.717) is 19.3 Å². The van der Waals surface area contributed by atoms with Gasteiger partial charge in [0, 0.05) is 30.0 Å². The molecule has 0 saturated heterocycles. The lowest BCUT2D eigenvalue weighted by Crippen LogP contribution is -2.38. The number of rotatable bonds is 3. The topological polar surface area (TPSA) is 55.4 Å². The molecule has 0 bridgehead atoms. The van der Waals surface area contributed by atoms with Crippen molar-refractivity contribution in [1.29, 1.82) is 0 Å². The van der Waals surface area contributed by atoms with Crippen LogP contribution in [0.15, 0.2) is 59.8 Å². The van der Waals surface area contributed by atoms with E-state index in [1.54, 1.807) is 7.11 Å². The second-order valence-electron chi connectivity index (χ2n) is 9.37. The van der Waals surface area contributed by atoms with Crippen LogP contribution >= 0.6 is 0 Å². The molecule has 0 aromatic heterocycles. The molecule has 0 spiro atoms. The molecule has 0 saturated carbocycles. The highest BCUT2D eigenvalue weighted by atomic mass is 16.5. The third-order valence-corrected chi connectivity index (χ3v) is 6.28. The molecule has 1 amide bonds. The van der Waals surface area contributed by atoms with Gasteiger partial charge >= 0.3 is 0 Å². The minimum Gasteiger partial charge on any atom is -0.497 e. The first-order valence-electron chi connectivity index (χ1n) is 10.6. The van der Waals surface area contributed by atoms with Gasteiger partial charge in [0.15, 0.2) is 5.78 Å². The zero-order valence-electron chi connectivity index (χ0n) is 18.1. The molecule has 1 aliphatic heterocycles. The molecule has 0 radical (unpaired) electrons. The summed E-state index contributed by atoms with van der Waals surface area (Å²) in [6.45, 7) is 6.54. The smallest absolute Gasteiger partial charge is 0.225 e. The molecule has 1 N–H and O–H groups in total. The molecule has 4 heteroatoms. The van der Waals surface area contributed by atoms with E-state index in [1.165, 1.54) is 5.56 Å². The Morgan fingerprint density at radius 3 is 2.33 bits per heavy atom. The van der Waals surface area contributed by atoms with Crippen molar-refractivity contribution in [2.24, 2.45) is 0 Å². The van der Waals surface area contributed by atoms with Crippen molar-refractivity contribution >= 4 is 11.7 Å². The summed E-state index contributed by atoms with van der Waals surface area (Å²) >= 11 is 0. The highest BCUT2D eigenvalue weighted by molar-refractivity contribution is 6.02. The highest BCUT2D eigenvalue weighted by Gasteiger charge is 2.38. The fourth-order valence-corrected chi connectivity index (χ4v) is 4.59. The third kappa shape index (κ3) is 3.91. The van der Waals surface area contributed by atoms with Gasteiger partial charge in [-0.1, -0.05) is 57.2 Å².